The van der Waals surface area contributed by atoms with Crippen molar-refractivity contribution in [1.82, 2.24) is 14.9 Å². The van der Waals surface area contributed by atoms with E-state index in [-0.39, 0.29) is 0 Å². The second kappa shape index (κ2) is 8.99. The summed E-state index contributed by atoms with van der Waals surface area (Å²) in [5.74, 6) is 2.03. The third-order valence-corrected chi connectivity index (χ3v) is 5.73. The summed E-state index contributed by atoms with van der Waals surface area (Å²) >= 11 is 0. The van der Waals surface area contributed by atoms with Crippen LogP contribution in [0.25, 0.3) is 0 Å². The fourth-order valence-corrected chi connectivity index (χ4v) is 4.14. The van der Waals surface area contributed by atoms with Gasteiger partial charge in [-0.15, -0.1) is 0 Å². The smallest absolute Gasteiger partial charge is 0.156 e. The molecule has 0 atom stereocenters. The Morgan fingerprint density at radius 3 is 2.68 bits per heavy atom. The lowest BCUT2D eigenvalue weighted by Gasteiger charge is -2.32. The zero-order valence-corrected chi connectivity index (χ0v) is 16.7. The molecule has 28 heavy (non-hydrogen) atoms. The average Bonchev–Trinajstić information content (AvgIpc) is 3.17. The van der Waals surface area contributed by atoms with Gasteiger partial charge in [0.15, 0.2) is 5.82 Å². The van der Waals surface area contributed by atoms with E-state index in [2.05, 4.69) is 50.5 Å². The number of anilines is 1. The number of ether oxygens (including phenoxy) is 1. The van der Waals surface area contributed by atoms with E-state index < -0.39 is 0 Å². The average molecular weight is 382 g/mol. The molecule has 6 heteroatoms. The lowest BCUT2D eigenvalue weighted by Crippen LogP contribution is -2.35. The SMILES string of the molecule is COCc1nc(NCc2cccc(CN3CCCC3)c2)cc(C2CC(N)C2)n1. The summed E-state index contributed by atoms with van der Waals surface area (Å²) in [6.07, 6.45) is 4.66. The maximum Gasteiger partial charge on any atom is 0.156 e. The molecule has 6 nitrogen and oxygen atoms in total. The van der Waals surface area contributed by atoms with Gasteiger partial charge in [0.2, 0.25) is 0 Å². The van der Waals surface area contributed by atoms with Crippen LogP contribution in [0.2, 0.25) is 0 Å². The number of nitrogens with two attached hydrogens (primary N) is 1. The van der Waals surface area contributed by atoms with Crippen LogP contribution in [0.4, 0.5) is 5.82 Å². The van der Waals surface area contributed by atoms with E-state index in [0.29, 0.717) is 18.6 Å². The molecule has 0 unspecified atom stereocenters. The van der Waals surface area contributed by atoms with Gasteiger partial charge in [-0.3, -0.25) is 4.90 Å². The zero-order valence-electron chi connectivity index (χ0n) is 16.7. The summed E-state index contributed by atoms with van der Waals surface area (Å²) in [7, 11) is 1.67. The molecule has 0 spiro atoms. The van der Waals surface area contributed by atoms with Gasteiger partial charge in [0.25, 0.3) is 0 Å². The molecule has 1 aliphatic carbocycles. The van der Waals surface area contributed by atoms with Gasteiger partial charge in [-0.2, -0.15) is 0 Å². The molecule has 0 bridgehead atoms. The van der Waals surface area contributed by atoms with Crippen LogP contribution < -0.4 is 11.1 Å². The Kier molecular flexibility index (Phi) is 6.20. The summed E-state index contributed by atoms with van der Waals surface area (Å²) in [4.78, 5) is 11.8. The summed E-state index contributed by atoms with van der Waals surface area (Å²) in [5, 5.41) is 3.48. The Hall–Kier alpha value is -2.02. The van der Waals surface area contributed by atoms with E-state index in [1.807, 2.05) is 0 Å². The lowest BCUT2D eigenvalue weighted by atomic mass is 9.78. The predicted octanol–water partition coefficient (Wildman–Crippen LogP) is 3.04. The molecule has 1 aromatic carbocycles. The Balaban J connectivity index is 1.42. The molecule has 4 rings (SSSR count). The number of aromatic nitrogens is 2. The van der Waals surface area contributed by atoms with Crippen LogP contribution >= 0.6 is 0 Å². The molecule has 1 aromatic heterocycles. The molecule has 2 aromatic rings. The number of nitrogens with zero attached hydrogens (tertiary/aromatic N) is 3. The standard InChI is InChI=1S/C22H31N5O/c1-28-15-22-25-20(18-10-19(23)11-18)12-21(26-22)24-13-16-5-4-6-17(9-16)14-27-7-2-3-8-27/h4-6,9,12,18-19H,2-3,7-8,10-11,13-15,23H2,1H3,(H,24,25,26). The van der Waals surface area contributed by atoms with Crippen molar-refractivity contribution in [2.24, 2.45) is 5.73 Å². The Morgan fingerprint density at radius 1 is 1.14 bits per heavy atom. The van der Waals surface area contributed by atoms with Crippen LogP contribution in [0, 0.1) is 0 Å². The molecule has 2 aliphatic rings. The van der Waals surface area contributed by atoms with Crippen molar-refractivity contribution in [3.05, 3.63) is 53.0 Å². The highest BCUT2D eigenvalue weighted by molar-refractivity contribution is 5.39. The minimum absolute atomic E-state index is 0.306. The number of hydrogen-bond acceptors (Lipinski definition) is 6. The maximum atomic E-state index is 5.96. The largest absolute Gasteiger partial charge is 0.377 e. The molecule has 1 saturated heterocycles. The van der Waals surface area contributed by atoms with Crippen LogP contribution in [0.1, 0.15) is 54.2 Å². The number of benzene rings is 1. The van der Waals surface area contributed by atoms with Crippen LogP contribution in [-0.2, 0) is 24.4 Å². The normalized spacial score (nSPS) is 22.2. The van der Waals surface area contributed by atoms with E-state index in [4.69, 9.17) is 10.5 Å². The number of methoxy groups -OCH3 is 1. The molecule has 0 amide bonds. The molecule has 2 fully saturated rings. The fourth-order valence-electron chi connectivity index (χ4n) is 4.14. The summed E-state index contributed by atoms with van der Waals surface area (Å²) in [6, 6.07) is 11.2. The first-order chi connectivity index (χ1) is 13.7. The van der Waals surface area contributed by atoms with E-state index in [0.717, 1.165) is 43.3 Å². The van der Waals surface area contributed by atoms with Gasteiger partial charge in [0, 0.05) is 43.9 Å². The molecule has 3 N–H and O–H groups in total. The third-order valence-electron chi connectivity index (χ3n) is 5.73. The van der Waals surface area contributed by atoms with Crippen molar-refractivity contribution >= 4 is 5.82 Å². The van der Waals surface area contributed by atoms with Crippen molar-refractivity contribution in [1.29, 1.82) is 0 Å². The second-order valence-electron chi connectivity index (χ2n) is 8.11. The lowest BCUT2D eigenvalue weighted by molar-refractivity contribution is 0.177. The topological polar surface area (TPSA) is 76.3 Å². The van der Waals surface area contributed by atoms with Gasteiger partial charge in [-0.05, 0) is 49.9 Å². The molecule has 1 saturated carbocycles. The van der Waals surface area contributed by atoms with E-state index in [1.54, 1.807) is 7.11 Å². The minimum atomic E-state index is 0.306. The van der Waals surface area contributed by atoms with Gasteiger partial charge in [-0.25, -0.2) is 9.97 Å². The minimum Gasteiger partial charge on any atom is -0.377 e. The first-order valence-corrected chi connectivity index (χ1v) is 10.4. The number of hydrogen-bond donors (Lipinski definition) is 2. The van der Waals surface area contributed by atoms with Gasteiger partial charge >= 0.3 is 0 Å². The Labute approximate surface area is 167 Å². The summed E-state index contributed by atoms with van der Waals surface area (Å²) in [5.41, 5.74) is 9.70. The molecule has 1 aliphatic heterocycles. The van der Waals surface area contributed by atoms with Gasteiger partial charge in [0.1, 0.15) is 12.4 Å². The van der Waals surface area contributed by atoms with E-state index in [9.17, 15) is 0 Å². The maximum absolute atomic E-state index is 5.96. The second-order valence-corrected chi connectivity index (χ2v) is 8.11. The molecule has 0 radical (unpaired) electrons. The highest BCUT2D eigenvalue weighted by Gasteiger charge is 2.29. The molecular weight excluding hydrogens is 350 g/mol. The monoisotopic (exact) mass is 381 g/mol. The Morgan fingerprint density at radius 2 is 1.93 bits per heavy atom. The number of nitrogens with one attached hydrogen (secondary N) is 1. The first kappa shape index (κ1) is 19.3. The fraction of sp³-hybridized carbons (Fsp3) is 0.545. The van der Waals surface area contributed by atoms with Crippen LogP contribution in [-0.4, -0.2) is 41.1 Å². The predicted molar refractivity (Wildman–Crippen MR) is 111 cm³/mol. The van der Waals surface area contributed by atoms with Gasteiger partial charge < -0.3 is 15.8 Å². The van der Waals surface area contributed by atoms with Gasteiger partial charge in [0.05, 0.1) is 0 Å². The molecular formula is C22H31N5O. The Bertz CT molecular complexity index is 784. The van der Waals surface area contributed by atoms with Crippen molar-refractivity contribution in [2.75, 3.05) is 25.5 Å². The van der Waals surface area contributed by atoms with E-state index in [1.165, 1.54) is 37.1 Å². The van der Waals surface area contributed by atoms with Gasteiger partial charge in [-0.1, -0.05) is 24.3 Å². The van der Waals surface area contributed by atoms with Crippen molar-refractivity contribution < 1.29 is 4.74 Å². The van der Waals surface area contributed by atoms with Crippen molar-refractivity contribution in [2.45, 2.75) is 57.3 Å². The van der Waals surface area contributed by atoms with Crippen LogP contribution in [0.15, 0.2) is 30.3 Å². The quantitative estimate of drug-likeness (QED) is 0.732. The van der Waals surface area contributed by atoms with E-state index >= 15 is 0 Å². The van der Waals surface area contributed by atoms with Crippen LogP contribution in [0.5, 0.6) is 0 Å². The highest BCUT2D eigenvalue weighted by atomic mass is 16.5. The number of rotatable bonds is 8. The third kappa shape index (κ3) is 4.87. The summed E-state index contributed by atoms with van der Waals surface area (Å²) < 4.78 is 5.25. The summed E-state index contributed by atoms with van der Waals surface area (Å²) in [6.45, 7) is 4.66. The van der Waals surface area contributed by atoms with Crippen molar-refractivity contribution in [3.63, 3.8) is 0 Å². The molecule has 2 heterocycles. The van der Waals surface area contributed by atoms with Crippen LogP contribution in [0.3, 0.4) is 0 Å². The molecule has 150 valence electrons. The number of likely N-dealkylation sites (tertiary alicyclic amines) is 1. The first-order valence-electron chi connectivity index (χ1n) is 10.4. The highest BCUT2D eigenvalue weighted by Crippen LogP contribution is 2.35. The zero-order chi connectivity index (χ0) is 19.3. The van der Waals surface area contributed by atoms with Crippen molar-refractivity contribution in [3.8, 4) is 0 Å².